The van der Waals surface area contributed by atoms with Gasteiger partial charge in [0.2, 0.25) is 0 Å². The quantitative estimate of drug-likeness (QED) is 0.802. The summed E-state index contributed by atoms with van der Waals surface area (Å²) in [6.45, 7) is 10.3. The molecule has 0 radical (unpaired) electrons. The highest BCUT2D eigenvalue weighted by Gasteiger charge is 2.39. The fourth-order valence-corrected chi connectivity index (χ4v) is 2.44. The number of carbonyl (C=O) groups is 1. The van der Waals surface area contributed by atoms with Crippen molar-refractivity contribution < 1.29 is 14.6 Å². The Morgan fingerprint density at radius 1 is 1.53 bits per heavy atom. The highest BCUT2D eigenvalue weighted by atomic mass is 16.6. The zero-order valence-corrected chi connectivity index (χ0v) is 12.8. The normalized spacial score (nSPS) is 25.0. The summed E-state index contributed by atoms with van der Waals surface area (Å²) < 4.78 is 5.45. The van der Waals surface area contributed by atoms with Crippen LogP contribution in [0.4, 0.5) is 4.79 Å². The van der Waals surface area contributed by atoms with Crippen LogP contribution in [-0.2, 0) is 4.74 Å². The molecule has 2 unspecified atom stereocenters. The summed E-state index contributed by atoms with van der Waals surface area (Å²) in [5, 5.41) is 9.25. The summed E-state index contributed by atoms with van der Waals surface area (Å²) in [6, 6.07) is -0.559. The average Bonchev–Trinajstić information content (AvgIpc) is 2.24. The molecule has 0 saturated carbocycles. The fourth-order valence-electron chi connectivity index (χ4n) is 2.44. The predicted octanol–water partition coefficient (Wildman–Crippen LogP) is 1.73. The van der Waals surface area contributed by atoms with Crippen molar-refractivity contribution in [2.75, 3.05) is 13.2 Å². The van der Waals surface area contributed by atoms with Gasteiger partial charge in [0.15, 0.2) is 0 Å². The summed E-state index contributed by atoms with van der Waals surface area (Å²) in [5.74, 6) is 0. The monoisotopic (exact) mass is 272 g/mol. The molecule has 1 fully saturated rings. The Kier molecular flexibility index (Phi) is 4.85. The van der Waals surface area contributed by atoms with Gasteiger partial charge < -0.3 is 20.5 Å². The molecule has 5 heteroatoms. The lowest BCUT2D eigenvalue weighted by atomic mass is 9.80. The second-order valence-electron chi connectivity index (χ2n) is 7.22. The van der Waals surface area contributed by atoms with Crippen molar-refractivity contribution in [3.05, 3.63) is 0 Å². The molecule has 0 aliphatic carbocycles. The van der Waals surface area contributed by atoms with E-state index in [1.165, 1.54) is 0 Å². The third-order valence-corrected chi connectivity index (χ3v) is 3.45. The summed E-state index contributed by atoms with van der Waals surface area (Å²) in [6.07, 6.45) is 1.45. The predicted molar refractivity (Wildman–Crippen MR) is 74.8 cm³/mol. The van der Waals surface area contributed by atoms with Crippen LogP contribution in [0.5, 0.6) is 0 Å². The maximum atomic E-state index is 12.3. The molecule has 1 heterocycles. The largest absolute Gasteiger partial charge is 0.444 e. The van der Waals surface area contributed by atoms with Gasteiger partial charge in [-0.25, -0.2) is 4.79 Å². The van der Waals surface area contributed by atoms with Crippen molar-refractivity contribution in [2.45, 2.75) is 65.1 Å². The second-order valence-corrected chi connectivity index (χ2v) is 7.22. The first-order valence-electron chi connectivity index (χ1n) is 6.92. The highest BCUT2D eigenvalue weighted by Crippen LogP contribution is 2.33. The van der Waals surface area contributed by atoms with E-state index in [1.54, 1.807) is 4.90 Å². The summed E-state index contributed by atoms with van der Waals surface area (Å²) in [5.41, 5.74) is 5.47. The first-order chi connectivity index (χ1) is 8.56. The molecule has 1 aliphatic rings. The minimum absolute atomic E-state index is 0.0581. The van der Waals surface area contributed by atoms with Crippen LogP contribution in [-0.4, -0.2) is 46.9 Å². The van der Waals surface area contributed by atoms with Crippen molar-refractivity contribution in [1.29, 1.82) is 0 Å². The van der Waals surface area contributed by atoms with E-state index in [-0.39, 0.29) is 24.2 Å². The van der Waals surface area contributed by atoms with Crippen LogP contribution in [0, 0.1) is 5.41 Å². The average molecular weight is 272 g/mol. The van der Waals surface area contributed by atoms with E-state index in [2.05, 4.69) is 13.8 Å². The van der Waals surface area contributed by atoms with Crippen molar-refractivity contribution in [3.63, 3.8) is 0 Å². The third kappa shape index (κ3) is 4.66. The van der Waals surface area contributed by atoms with Gasteiger partial charge in [-0.1, -0.05) is 13.8 Å². The molecule has 1 rings (SSSR count). The molecule has 2 atom stereocenters. The summed E-state index contributed by atoms with van der Waals surface area (Å²) in [7, 11) is 0. The molecule has 1 aliphatic heterocycles. The Hall–Kier alpha value is -0.810. The molecule has 1 amide bonds. The number of rotatable bonds is 2. The number of nitrogens with two attached hydrogens (primary N) is 1. The third-order valence-electron chi connectivity index (χ3n) is 3.45. The van der Waals surface area contributed by atoms with Crippen LogP contribution in [0.3, 0.4) is 0 Å². The van der Waals surface area contributed by atoms with Gasteiger partial charge in [-0.05, 0) is 39.0 Å². The van der Waals surface area contributed by atoms with Crippen LogP contribution in [0.2, 0.25) is 0 Å². The molecule has 5 nitrogen and oxygen atoms in total. The van der Waals surface area contributed by atoms with E-state index in [9.17, 15) is 9.90 Å². The van der Waals surface area contributed by atoms with Crippen LogP contribution in [0.25, 0.3) is 0 Å². The maximum Gasteiger partial charge on any atom is 0.410 e. The molecule has 0 aromatic heterocycles. The van der Waals surface area contributed by atoms with E-state index < -0.39 is 11.6 Å². The zero-order chi connectivity index (χ0) is 14.8. The van der Waals surface area contributed by atoms with Crippen molar-refractivity contribution in [3.8, 4) is 0 Å². The molecule has 0 aromatic rings. The van der Waals surface area contributed by atoms with Crippen molar-refractivity contribution >= 4 is 6.09 Å². The Bertz CT molecular complexity index is 323. The molecule has 112 valence electrons. The van der Waals surface area contributed by atoms with E-state index in [4.69, 9.17) is 10.5 Å². The van der Waals surface area contributed by atoms with Gasteiger partial charge in [0.25, 0.3) is 0 Å². The SMILES string of the molecule is CC1(C)CCC(C(N)CO)N(C(=O)OC(C)(C)C)C1. The van der Waals surface area contributed by atoms with Gasteiger partial charge >= 0.3 is 6.09 Å². The Balaban J connectivity index is 2.85. The smallest absolute Gasteiger partial charge is 0.410 e. The van der Waals surface area contributed by atoms with E-state index in [0.717, 1.165) is 12.8 Å². The topological polar surface area (TPSA) is 75.8 Å². The van der Waals surface area contributed by atoms with Crippen LogP contribution < -0.4 is 5.73 Å². The fraction of sp³-hybridized carbons (Fsp3) is 0.929. The number of aliphatic hydroxyl groups is 1. The molecular formula is C14H28N2O3. The summed E-state index contributed by atoms with van der Waals surface area (Å²) >= 11 is 0. The van der Waals surface area contributed by atoms with Gasteiger partial charge in [0, 0.05) is 12.6 Å². The molecule has 19 heavy (non-hydrogen) atoms. The molecule has 3 N–H and O–H groups in total. The molecule has 0 bridgehead atoms. The van der Waals surface area contributed by atoms with Crippen LogP contribution in [0.1, 0.15) is 47.5 Å². The number of piperidine rings is 1. The Morgan fingerprint density at radius 3 is 2.58 bits per heavy atom. The number of nitrogens with zero attached hydrogens (tertiary/aromatic N) is 1. The van der Waals surface area contributed by atoms with Crippen LogP contribution >= 0.6 is 0 Å². The number of carbonyl (C=O) groups excluding carboxylic acids is 1. The number of aliphatic hydroxyl groups excluding tert-OH is 1. The number of ether oxygens (including phenoxy) is 1. The van der Waals surface area contributed by atoms with Gasteiger partial charge in [-0.3, -0.25) is 0 Å². The van der Waals surface area contributed by atoms with E-state index in [1.807, 2.05) is 20.8 Å². The Labute approximate surface area is 116 Å². The van der Waals surface area contributed by atoms with Gasteiger partial charge in [-0.2, -0.15) is 0 Å². The lowest BCUT2D eigenvalue weighted by Crippen LogP contribution is -2.58. The minimum Gasteiger partial charge on any atom is -0.444 e. The van der Waals surface area contributed by atoms with Crippen molar-refractivity contribution in [1.82, 2.24) is 4.90 Å². The standard InChI is InChI=1S/C14H28N2O3/c1-13(2,3)19-12(18)16-9-14(4,5)7-6-11(16)10(15)8-17/h10-11,17H,6-9,15H2,1-5H3. The van der Waals surface area contributed by atoms with Gasteiger partial charge in [0.1, 0.15) is 5.60 Å². The summed E-state index contributed by atoms with van der Waals surface area (Å²) in [4.78, 5) is 14.0. The molecule has 1 saturated heterocycles. The number of hydrogen-bond donors (Lipinski definition) is 2. The van der Waals surface area contributed by atoms with E-state index in [0.29, 0.717) is 6.54 Å². The minimum atomic E-state index is -0.521. The molecular weight excluding hydrogens is 244 g/mol. The first-order valence-corrected chi connectivity index (χ1v) is 6.92. The lowest BCUT2D eigenvalue weighted by molar-refractivity contribution is -0.0148. The zero-order valence-electron chi connectivity index (χ0n) is 12.8. The van der Waals surface area contributed by atoms with Crippen LogP contribution in [0.15, 0.2) is 0 Å². The Morgan fingerprint density at radius 2 is 2.11 bits per heavy atom. The van der Waals surface area contributed by atoms with Gasteiger partial charge in [0.05, 0.1) is 12.6 Å². The maximum absolute atomic E-state index is 12.3. The lowest BCUT2D eigenvalue weighted by Gasteiger charge is -2.45. The number of likely N-dealkylation sites (tertiary alicyclic amines) is 1. The first kappa shape index (κ1) is 16.2. The van der Waals surface area contributed by atoms with Crippen molar-refractivity contribution in [2.24, 2.45) is 11.1 Å². The van der Waals surface area contributed by atoms with Gasteiger partial charge in [-0.15, -0.1) is 0 Å². The number of amides is 1. The highest BCUT2D eigenvalue weighted by molar-refractivity contribution is 5.69. The number of hydrogen-bond acceptors (Lipinski definition) is 4. The second kappa shape index (κ2) is 5.67. The van der Waals surface area contributed by atoms with E-state index >= 15 is 0 Å². The molecule has 0 spiro atoms. The molecule has 0 aromatic carbocycles.